The van der Waals surface area contributed by atoms with Crippen LogP contribution in [0.1, 0.15) is 6.92 Å². The Labute approximate surface area is 146 Å². The number of carbonyl (C=O) groups is 1. The molecule has 2 aromatic heterocycles. The summed E-state index contributed by atoms with van der Waals surface area (Å²) < 4.78 is 20.8. The van der Waals surface area contributed by atoms with Gasteiger partial charge in [-0.15, -0.1) is 0 Å². The summed E-state index contributed by atoms with van der Waals surface area (Å²) in [7, 11) is 0. The van der Waals surface area contributed by atoms with Gasteiger partial charge < -0.3 is 10.1 Å². The van der Waals surface area contributed by atoms with Gasteiger partial charge in [-0.25, -0.2) is 9.37 Å². The number of carbonyl (C=O) groups excluding carboxylic acids is 1. The van der Waals surface area contributed by atoms with Crippen LogP contribution < -0.4 is 5.32 Å². The molecule has 0 fully saturated rings. The molecule has 5 nitrogen and oxygen atoms in total. The van der Waals surface area contributed by atoms with Crippen LogP contribution in [0.3, 0.4) is 0 Å². The third kappa shape index (κ3) is 3.41. The highest BCUT2D eigenvalue weighted by molar-refractivity contribution is 9.10. The first-order valence-electron chi connectivity index (χ1n) is 7.41. The van der Waals surface area contributed by atoms with Crippen molar-refractivity contribution in [2.24, 2.45) is 0 Å². The lowest BCUT2D eigenvalue weighted by Gasteiger charge is -2.08. The van der Waals surface area contributed by atoms with Gasteiger partial charge in [-0.2, -0.15) is 0 Å². The van der Waals surface area contributed by atoms with Crippen LogP contribution in [0, 0.1) is 5.82 Å². The van der Waals surface area contributed by atoms with E-state index in [0.29, 0.717) is 23.8 Å². The molecule has 1 aromatic carbocycles. The van der Waals surface area contributed by atoms with E-state index >= 15 is 0 Å². The zero-order valence-corrected chi connectivity index (χ0v) is 14.5. The van der Waals surface area contributed by atoms with E-state index in [1.54, 1.807) is 19.1 Å². The third-order valence-corrected chi connectivity index (χ3v) is 3.87. The number of pyridine rings is 1. The number of halogens is 2. The van der Waals surface area contributed by atoms with Gasteiger partial charge in [-0.05, 0) is 59.3 Å². The van der Waals surface area contributed by atoms with Crippen molar-refractivity contribution >= 4 is 33.4 Å². The van der Waals surface area contributed by atoms with Crippen molar-refractivity contribution < 1.29 is 13.9 Å². The smallest absolute Gasteiger partial charge is 0.325 e. The Morgan fingerprint density at radius 3 is 2.75 bits per heavy atom. The summed E-state index contributed by atoms with van der Waals surface area (Å²) in [5, 5.41) is 3.07. The van der Waals surface area contributed by atoms with Crippen LogP contribution in [-0.2, 0) is 9.53 Å². The van der Waals surface area contributed by atoms with Crippen LogP contribution in [0.2, 0.25) is 0 Å². The van der Waals surface area contributed by atoms with E-state index in [4.69, 9.17) is 4.74 Å². The molecule has 0 amide bonds. The molecule has 0 radical (unpaired) electrons. The second-order valence-corrected chi connectivity index (χ2v) is 5.97. The van der Waals surface area contributed by atoms with E-state index in [2.05, 4.69) is 26.2 Å². The van der Waals surface area contributed by atoms with Crippen LogP contribution in [0.5, 0.6) is 0 Å². The average Bonchev–Trinajstić information content (AvgIpc) is 2.91. The molecule has 124 valence electrons. The van der Waals surface area contributed by atoms with Gasteiger partial charge in [-0.3, -0.25) is 9.20 Å². The second-order valence-electron chi connectivity index (χ2n) is 5.05. The van der Waals surface area contributed by atoms with E-state index in [0.717, 1.165) is 10.0 Å². The summed E-state index contributed by atoms with van der Waals surface area (Å²) >= 11 is 3.43. The average molecular weight is 392 g/mol. The van der Waals surface area contributed by atoms with Crippen LogP contribution in [0.25, 0.3) is 16.9 Å². The number of fused-ring (bicyclic) bond motifs is 1. The minimum absolute atomic E-state index is 0.0162. The van der Waals surface area contributed by atoms with Crippen LogP contribution in [0.15, 0.2) is 47.1 Å². The van der Waals surface area contributed by atoms with Gasteiger partial charge >= 0.3 is 5.97 Å². The first-order valence-corrected chi connectivity index (χ1v) is 8.21. The molecule has 3 aromatic rings. The quantitative estimate of drug-likeness (QED) is 0.670. The summed E-state index contributed by atoms with van der Waals surface area (Å²) in [6.07, 6.45) is 1.85. The Kier molecular flexibility index (Phi) is 4.80. The molecule has 0 aliphatic rings. The fourth-order valence-corrected chi connectivity index (χ4v) is 2.70. The van der Waals surface area contributed by atoms with E-state index in [1.807, 2.05) is 22.7 Å². The maximum Gasteiger partial charge on any atom is 0.325 e. The second kappa shape index (κ2) is 7.00. The molecule has 3 rings (SSSR count). The highest BCUT2D eigenvalue weighted by Gasteiger charge is 2.15. The van der Waals surface area contributed by atoms with Crippen LogP contribution >= 0.6 is 15.9 Å². The summed E-state index contributed by atoms with van der Waals surface area (Å²) in [6.45, 7) is 2.10. The lowest BCUT2D eigenvalue weighted by Crippen LogP contribution is -2.17. The minimum Gasteiger partial charge on any atom is -0.465 e. The molecule has 0 bridgehead atoms. The number of rotatable bonds is 5. The number of aromatic nitrogens is 2. The molecule has 0 atom stereocenters. The zero-order chi connectivity index (χ0) is 17.1. The molecule has 0 aliphatic heterocycles. The molecular weight excluding hydrogens is 377 g/mol. The molecule has 0 aliphatic carbocycles. The Morgan fingerprint density at radius 2 is 2.04 bits per heavy atom. The van der Waals surface area contributed by atoms with Crippen molar-refractivity contribution in [2.45, 2.75) is 6.92 Å². The third-order valence-electron chi connectivity index (χ3n) is 3.41. The van der Waals surface area contributed by atoms with Gasteiger partial charge in [0.1, 0.15) is 29.5 Å². The molecule has 0 saturated heterocycles. The number of ether oxygens (including phenoxy) is 1. The first kappa shape index (κ1) is 16.4. The lowest BCUT2D eigenvalue weighted by atomic mass is 10.1. The van der Waals surface area contributed by atoms with Gasteiger partial charge in [0.05, 0.1) is 6.61 Å². The minimum atomic E-state index is -0.354. The number of imidazole rings is 1. The molecule has 2 heterocycles. The molecule has 0 spiro atoms. The van der Waals surface area contributed by atoms with E-state index < -0.39 is 0 Å². The molecule has 1 N–H and O–H groups in total. The molecule has 0 saturated carbocycles. The van der Waals surface area contributed by atoms with E-state index in [1.165, 1.54) is 12.1 Å². The fraction of sp³-hybridized carbons (Fsp3) is 0.176. The van der Waals surface area contributed by atoms with E-state index in [-0.39, 0.29) is 18.3 Å². The van der Waals surface area contributed by atoms with Gasteiger partial charge in [0.25, 0.3) is 0 Å². The SMILES string of the molecule is CCOC(=O)CNc1c(-c2ccc(F)cc2)nc2ccc(Br)cn12. The Balaban J connectivity index is 2.05. The van der Waals surface area contributed by atoms with Crippen molar-refractivity contribution in [1.82, 2.24) is 9.38 Å². The van der Waals surface area contributed by atoms with Crippen molar-refractivity contribution in [2.75, 3.05) is 18.5 Å². The number of hydrogen-bond donors (Lipinski definition) is 1. The number of esters is 1. The van der Waals surface area contributed by atoms with E-state index in [9.17, 15) is 9.18 Å². The topological polar surface area (TPSA) is 55.6 Å². The zero-order valence-electron chi connectivity index (χ0n) is 12.9. The van der Waals surface area contributed by atoms with Gasteiger partial charge in [0.2, 0.25) is 0 Å². The molecule has 7 heteroatoms. The predicted molar refractivity (Wildman–Crippen MR) is 93.4 cm³/mol. The van der Waals surface area contributed by atoms with Crippen molar-refractivity contribution in [3.05, 3.63) is 52.9 Å². The number of anilines is 1. The largest absolute Gasteiger partial charge is 0.465 e. The highest BCUT2D eigenvalue weighted by atomic mass is 79.9. The van der Waals surface area contributed by atoms with Crippen molar-refractivity contribution in [1.29, 1.82) is 0 Å². The van der Waals surface area contributed by atoms with Gasteiger partial charge in [0, 0.05) is 16.2 Å². The Bertz CT molecular complexity index is 877. The summed E-state index contributed by atoms with van der Waals surface area (Å²) in [4.78, 5) is 16.2. The summed E-state index contributed by atoms with van der Waals surface area (Å²) in [6, 6.07) is 9.80. The van der Waals surface area contributed by atoms with Crippen molar-refractivity contribution in [3.63, 3.8) is 0 Å². The predicted octanol–water partition coefficient (Wildman–Crippen LogP) is 3.88. The maximum absolute atomic E-state index is 13.2. The number of nitrogens with one attached hydrogen (secondary N) is 1. The Hall–Kier alpha value is -2.41. The highest BCUT2D eigenvalue weighted by Crippen LogP contribution is 2.29. The monoisotopic (exact) mass is 391 g/mol. The standard InChI is InChI=1S/C17H15BrFN3O2/c1-2-24-15(23)9-20-17-16(11-3-6-13(19)7-4-11)21-14-8-5-12(18)10-22(14)17/h3-8,10,20H,2,9H2,1H3. The first-order chi connectivity index (χ1) is 11.6. The molecule has 0 unspecified atom stereocenters. The number of nitrogens with zero attached hydrogens (tertiary/aromatic N) is 2. The fourth-order valence-electron chi connectivity index (χ4n) is 2.36. The molecular formula is C17H15BrFN3O2. The van der Waals surface area contributed by atoms with Crippen LogP contribution in [-0.4, -0.2) is 28.5 Å². The summed E-state index contributed by atoms with van der Waals surface area (Å²) in [5.41, 5.74) is 2.10. The lowest BCUT2D eigenvalue weighted by molar-refractivity contribution is -0.140. The van der Waals surface area contributed by atoms with Gasteiger partial charge in [-0.1, -0.05) is 0 Å². The number of hydrogen-bond acceptors (Lipinski definition) is 4. The maximum atomic E-state index is 13.2. The van der Waals surface area contributed by atoms with Crippen LogP contribution in [0.4, 0.5) is 10.2 Å². The molecule has 24 heavy (non-hydrogen) atoms. The summed E-state index contributed by atoms with van der Waals surface area (Å²) in [5.74, 6) is -0.0234. The number of benzene rings is 1. The van der Waals surface area contributed by atoms with Gasteiger partial charge in [0.15, 0.2) is 0 Å². The van der Waals surface area contributed by atoms with Crippen molar-refractivity contribution in [3.8, 4) is 11.3 Å². The Morgan fingerprint density at radius 1 is 1.29 bits per heavy atom. The normalized spacial score (nSPS) is 10.8.